The van der Waals surface area contributed by atoms with Gasteiger partial charge in [-0.05, 0) is 25.0 Å². The van der Waals surface area contributed by atoms with Crippen LogP contribution in [0.15, 0.2) is 24.3 Å². The Balaban J connectivity index is 2.61. The lowest BCUT2D eigenvalue weighted by atomic mass is 10.1. The highest BCUT2D eigenvalue weighted by atomic mass is 35.5. The molecule has 0 spiro atoms. The number of nitrogens with two attached hydrogens (primary N) is 1. The quantitative estimate of drug-likeness (QED) is 0.446. The number of hydrogen-bond donors (Lipinski definition) is 2. The third-order valence-electron chi connectivity index (χ3n) is 2.24. The molecule has 0 radical (unpaired) electrons. The standard InChI is InChI=1S/C11H17ClN2O/c1-2-15-8-7-11(14-13)9-5-3-4-6-10(9)12/h3-6,11,14H,2,7-8,13H2,1H3. The summed E-state index contributed by atoms with van der Waals surface area (Å²) in [5.41, 5.74) is 3.77. The minimum Gasteiger partial charge on any atom is -0.382 e. The third kappa shape index (κ3) is 3.80. The van der Waals surface area contributed by atoms with Gasteiger partial charge in [-0.15, -0.1) is 0 Å². The van der Waals surface area contributed by atoms with Crippen LogP contribution in [-0.4, -0.2) is 13.2 Å². The zero-order valence-electron chi connectivity index (χ0n) is 8.87. The Morgan fingerprint density at radius 3 is 2.80 bits per heavy atom. The van der Waals surface area contributed by atoms with Crippen LogP contribution < -0.4 is 11.3 Å². The molecule has 0 bridgehead atoms. The molecule has 0 aliphatic carbocycles. The van der Waals surface area contributed by atoms with Crippen LogP contribution in [0.1, 0.15) is 24.9 Å². The smallest absolute Gasteiger partial charge is 0.0496 e. The molecule has 1 aromatic rings. The highest BCUT2D eigenvalue weighted by Gasteiger charge is 2.11. The molecule has 84 valence electrons. The fourth-order valence-corrected chi connectivity index (χ4v) is 1.70. The average Bonchev–Trinajstić information content (AvgIpc) is 2.26. The molecule has 15 heavy (non-hydrogen) atoms. The molecule has 1 rings (SSSR count). The monoisotopic (exact) mass is 228 g/mol. The van der Waals surface area contributed by atoms with Crippen LogP contribution >= 0.6 is 11.6 Å². The van der Waals surface area contributed by atoms with Gasteiger partial charge < -0.3 is 4.74 Å². The molecular weight excluding hydrogens is 212 g/mol. The van der Waals surface area contributed by atoms with Crippen LogP contribution in [-0.2, 0) is 4.74 Å². The molecule has 0 aliphatic rings. The first-order valence-corrected chi connectivity index (χ1v) is 5.45. The molecule has 4 heteroatoms. The zero-order chi connectivity index (χ0) is 11.1. The molecular formula is C11H17ClN2O. The van der Waals surface area contributed by atoms with Crippen molar-refractivity contribution in [2.45, 2.75) is 19.4 Å². The van der Waals surface area contributed by atoms with Crippen molar-refractivity contribution in [1.82, 2.24) is 5.43 Å². The van der Waals surface area contributed by atoms with Gasteiger partial charge in [0.15, 0.2) is 0 Å². The Morgan fingerprint density at radius 1 is 1.47 bits per heavy atom. The topological polar surface area (TPSA) is 47.3 Å². The van der Waals surface area contributed by atoms with Gasteiger partial charge in [0.1, 0.15) is 0 Å². The van der Waals surface area contributed by atoms with Gasteiger partial charge in [-0.2, -0.15) is 0 Å². The summed E-state index contributed by atoms with van der Waals surface area (Å²) in [6.07, 6.45) is 0.814. The predicted octanol–water partition coefficient (Wildman–Crippen LogP) is 2.27. The Hall–Kier alpha value is -0.610. The fourth-order valence-electron chi connectivity index (χ4n) is 1.43. The van der Waals surface area contributed by atoms with Crippen molar-refractivity contribution in [3.8, 4) is 0 Å². The zero-order valence-corrected chi connectivity index (χ0v) is 9.63. The maximum atomic E-state index is 6.07. The molecule has 0 aromatic heterocycles. The highest BCUT2D eigenvalue weighted by molar-refractivity contribution is 6.31. The van der Waals surface area contributed by atoms with Crippen LogP contribution in [0.3, 0.4) is 0 Å². The van der Waals surface area contributed by atoms with E-state index in [0.717, 1.165) is 23.6 Å². The Bertz CT molecular complexity index is 294. The molecule has 0 heterocycles. The SMILES string of the molecule is CCOCCC(NN)c1ccccc1Cl. The van der Waals surface area contributed by atoms with Crippen molar-refractivity contribution < 1.29 is 4.74 Å². The summed E-state index contributed by atoms with van der Waals surface area (Å²) in [5, 5.41) is 0.733. The van der Waals surface area contributed by atoms with Crippen molar-refractivity contribution in [2.75, 3.05) is 13.2 Å². The lowest BCUT2D eigenvalue weighted by Crippen LogP contribution is -2.29. The fraction of sp³-hybridized carbons (Fsp3) is 0.455. The molecule has 0 fully saturated rings. The second kappa shape index (κ2) is 6.80. The second-order valence-electron chi connectivity index (χ2n) is 3.23. The lowest BCUT2D eigenvalue weighted by Gasteiger charge is -2.17. The molecule has 0 saturated carbocycles. The molecule has 1 aromatic carbocycles. The second-order valence-corrected chi connectivity index (χ2v) is 3.63. The maximum Gasteiger partial charge on any atom is 0.0496 e. The minimum absolute atomic E-state index is 0.0465. The lowest BCUT2D eigenvalue weighted by molar-refractivity contribution is 0.136. The van der Waals surface area contributed by atoms with Crippen molar-refractivity contribution in [2.24, 2.45) is 5.84 Å². The first-order chi connectivity index (χ1) is 7.29. The van der Waals surface area contributed by atoms with Gasteiger partial charge in [0.2, 0.25) is 0 Å². The number of hydrazine groups is 1. The van der Waals surface area contributed by atoms with Crippen LogP contribution in [0.2, 0.25) is 5.02 Å². The first-order valence-electron chi connectivity index (χ1n) is 5.08. The van der Waals surface area contributed by atoms with E-state index < -0.39 is 0 Å². The van der Waals surface area contributed by atoms with Gasteiger partial charge in [-0.25, -0.2) is 0 Å². The number of halogens is 1. The van der Waals surface area contributed by atoms with E-state index in [1.807, 2.05) is 31.2 Å². The molecule has 0 aliphatic heterocycles. The largest absolute Gasteiger partial charge is 0.382 e. The minimum atomic E-state index is 0.0465. The summed E-state index contributed by atoms with van der Waals surface area (Å²) in [5.74, 6) is 5.49. The van der Waals surface area contributed by atoms with Crippen LogP contribution in [0.25, 0.3) is 0 Å². The number of hydrogen-bond acceptors (Lipinski definition) is 3. The van der Waals surface area contributed by atoms with E-state index in [2.05, 4.69) is 5.43 Å². The Labute approximate surface area is 95.5 Å². The summed E-state index contributed by atoms with van der Waals surface area (Å²) >= 11 is 6.07. The predicted molar refractivity (Wildman–Crippen MR) is 62.6 cm³/mol. The number of nitrogens with one attached hydrogen (secondary N) is 1. The van der Waals surface area contributed by atoms with Gasteiger partial charge >= 0.3 is 0 Å². The number of benzene rings is 1. The van der Waals surface area contributed by atoms with Crippen LogP contribution in [0.5, 0.6) is 0 Å². The van der Waals surface area contributed by atoms with E-state index >= 15 is 0 Å². The van der Waals surface area contributed by atoms with Crippen molar-refractivity contribution >= 4 is 11.6 Å². The third-order valence-corrected chi connectivity index (χ3v) is 2.58. The van der Waals surface area contributed by atoms with Crippen molar-refractivity contribution in [3.63, 3.8) is 0 Å². The van der Waals surface area contributed by atoms with Gasteiger partial charge in [-0.1, -0.05) is 29.8 Å². The molecule has 3 N–H and O–H groups in total. The summed E-state index contributed by atoms with van der Waals surface area (Å²) in [6, 6.07) is 7.74. The highest BCUT2D eigenvalue weighted by Crippen LogP contribution is 2.24. The Kier molecular flexibility index (Phi) is 5.65. The van der Waals surface area contributed by atoms with Crippen molar-refractivity contribution in [1.29, 1.82) is 0 Å². The normalized spacial score (nSPS) is 12.7. The molecule has 1 atom stereocenters. The molecule has 3 nitrogen and oxygen atoms in total. The van der Waals surface area contributed by atoms with E-state index in [4.69, 9.17) is 22.2 Å². The van der Waals surface area contributed by atoms with Gasteiger partial charge in [0.25, 0.3) is 0 Å². The molecule has 0 saturated heterocycles. The van der Waals surface area contributed by atoms with Crippen LogP contribution in [0, 0.1) is 0 Å². The molecule has 0 amide bonds. The first kappa shape index (κ1) is 12.5. The van der Waals surface area contributed by atoms with E-state index in [1.165, 1.54) is 0 Å². The maximum absolute atomic E-state index is 6.07. The van der Waals surface area contributed by atoms with E-state index in [-0.39, 0.29) is 6.04 Å². The average molecular weight is 229 g/mol. The van der Waals surface area contributed by atoms with E-state index in [0.29, 0.717) is 6.61 Å². The van der Waals surface area contributed by atoms with Gasteiger partial charge in [0.05, 0.1) is 0 Å². The number of rotatable bonds is 6. The van der Waals surface area contributed by atoms with E-state index in [9.17, 15) is 0 Å². The summed E-state index contributed by atoms with van der Waals surface area (Å²) in [4.78, 5) is 0. The summed E-state index contributed by atoms with van der Waals surface area (Å²) in [6.45, 7) is 3.37. The Morgan fingerprint density at radius 2 is 2.20 bits per heavy atom. The van der Waals surface area contributed by atoms with Crippen LogP contribution in [0.4, 0.5) is 0 Å². The van der Waals surface area contributed by atoms with Gasteiger partial charge in [0, 0.05) is 24.3 Å². The summed E-state index contributed by atoms with van der Waals surface area (Å²) in [7, 11) is 0. The number of ether oxygens (including phenoxy) is 1. The van der Waals surface area contributed by atoms with E-state index in [1.54, 1.807) is 0 Å². The van der Waals surface area contributed by atoms with Crippen molar-refractivity contribution in [3.05, 3.63) is 34.9 Å². The van der Waals surface area contributed by atoms with Gasteiger partial charge in [-0.3, -0.25) is 11.3 Å². The molecule has 1 unspecified atom stereocenters. The summed E-state index contributed by atoms with van der Waals surface area (Å²) < 4.78 is 5.29.